The van der Waals surface area contributed by atoms with Crippen molar-refractivity contribution < 1.29 is 0 Å². The number of benzene rings is 1. The molecule has 0 spiro atoms. The minimum Gasteiger partial charge on any atom is -0.354 e. The van der Waals surface area contributed by atoms with E-state index in [1.54, 1.807) is 18.6 Å². The molecule has 0 aliphatic rings. The molecule has 4 aromatic rings. The van der Waals surface area contributed by atoms with Gasteiger partial charge in [0.1, 0.15) is 6.07 Å². The average Bonchev–Trinajstić information content (AvgIpc) is 2.92. The number of nitriles is 1. The van der Waals surface area contributed by atoms with Crippen molar-refractivity contribution in [3.63, 3.8) is 0 Å². The van der Waals surface area contributed by atoms with E-state index in [1.165, 1.54) is 0 Å². The molecule has 0 bridgehead atoms. The van der Waals surface area contributed by atoms with Gasteiger partial charge in [0.15, 0.2) is 0 Å². The molecule has 0 saturated carbocycles. The standard InChI is InChI=1S/C17H10N4/c18-7-11-5-13(9-20-8-11)12-1-2-14-15-10-19-4-3-16(15)21-17(14)6-12/h1-6,8-10,21H. The van der Waals surface area contributed by atoms with Crippen LogP contribution in [0.2, 0.25) is 0 Å². The third-order valence-corrected chi connectivity index (χ3v) is 3.60. The Hall–Kier alpha value is -3.19. The fraction of sp³-hybridized carbons (Fsp3) is 0. The summed E-state index contributed by atoms with van der Waals surface area (Å²) in [6.07, 6.45) is 6.98. The maximum absolute atomic E-state index is 8.97. The topological polar surface area (TPSA) is 65.4 Å². The molecule has 0 aliphatic carbocycles. The molecule has 98 valence electrons. The van der Waals surface area contributed by atoms with Gasteiger partial charge in [0.25, 0.3) is 0 Å². The lowest BCUT2D eigenvalue weighted by molar-refractivity contribution is 1.30. The Kier molecular flexibility index (Phi) is 2.45. The van der Waals surface area contributed by atoms with Crippen molar-refractivity contribution in [1.29, 1.82) is 5.26 Å². The molecule has 1 N–H and O–H groups in total. The summed E-state index contributed by atoms with van der Waals surface area (Å²) in [6.45, 7) is 0. The minimum absolute atomic E-state index is 0.563. The highest BCUT2D eigenvalue weighted by Crippen LogP contribution is 2.29. The molecule has 0 saturated heterocycles. The van der Waals surface area contributed by atoms with Crippen LogP contribution in [0.1, 0.15) is 5.56 Å². The Balaban J connectivity index is 1.94. The van der Waals surface area contributed by atoms with Gasteiger partial charge in [-0.1, -0.05) is 12.1 Å². The van der Waals surface area contributed by atoms with Crippen molar-refractivity contribution in [3.05, 3.63) is 60.7 Å². The van der Waals surface area contributed by atoms with Crippen LogP contribution in [-0.4, -0.2) is 15.0 Å². The molecule has 4 heteroatoms. The molecular formula is C17H10N4. The predicted molar refractivity (Wildman–Crippen MR) is 81.5 cm³/mol. The van der Waals surface area contributed by atoms with E-state index >= 15 is 0 Å². The summed E-state index contributed by atoms with van der Waals surface area (Å²) < 4.78 is 0. The van der Waals surface area contributed by atoms with Crippen molar-refractivity contribution >= 4 is 21.8 Å². The fourth-order valence-electron chi connectivity index (χ4n) is 2.58. The number of rotatable bonds is 1. The molecule has 0 aliphatic heterocycles. The molecule has 3 heterocycles. The zero-order valence-electron chi connectivity index (χ0n) is 11.0. The summed E-state index contributed by atoms with van der Waals surface area (Å²) in [5, 5.41) is 11.2. The van der Waals surface area contributed by atoms with E-state index in [0.29, 0.717) is 5.56 Å². The molecule has 0 atom stereocenters. The van der Waals surface area contributed by atoms with Crippen LogP contribution in [-0.2, 0) is 0 Å². The second kappa shape index (κ2) is 4.43. The molecule has 0 amide bonds. The van der Waals surface area contributed by atoms with Crippen molar-refractivity contribution in [2.24, 2.45) is 0 Å². The number of hydrogen-bond acceptors (Lipinski definition) is 3. The Morgan fingerprint density at radius 1 is 0.857 bits per heavy atom. The molecule has 3 aromatic heterocycles. The minimum atomic E-state index is 0.563. The molecule has 1 aromatic carbocycles. The van der Waals surface area contributed by atoms with Gasteiger partial charge in [-0.25, -0.2) is 0 Å². The highest BCUT2D eigenvalue weighted by molar-refractivity contribution is 6.07. The fourth-order valence-corrected chi connectivity index (χ4v) is 2.58. The zero-order valence-corrected chi connectivity index (χ0v) is 11.0. The molecule has 21 heavy (non-hydrogen) atoms. The van der Waals surface area contributed by atoms with Gasteiger partial charge >= 0.3 is 0 Å². The summed E-state index contributed by atoms with van der Waals surface area (Å²) in [7, 11) is 0. The van der Waals surface area contributed by atoms with Crippen LogP contribution in [0, 0.1) is 11.3 Å². The normalized spacial score (nSPS) is 10.8. The predicted octanol–water partition coefficient (Wildman–Crippen LogP) is 3.65. The van der Waals surface area contributed by atoms with E-state index < -0.39 is 0 Å². The van der Waals surface area contributed by atoms with Gasteiger partial charge in [0.05, 0.1) is 5.56 Å². The number of hydrogen-bond donors (Lipinski definition) is 1. The van der Waals surface area contributed by atoms with Crippen molar-refractivity contribution in [3.8, 4) is 17.2 Å². The summed E-state index contributed by atoms with van der Waals surface area (Å²) in [5.74, 6) is 0. The van der Waals surface area contributed by atoms with E-state index in [0.717, 1.165) is 32.9 Å². The average molecular weight is 270 g/mol. The number of nitrogens with one attached hydrogen (secondary N) is 1. The van der Waals surface area contributed by atoms with Crippen LogP contribution in [0.3, 0.4) is 0 Å². The summed E-state index contributed by atoms with van der Waals surface area (Å²) in [4.78, 5) is 11.7. The van der Waals surface area contributed by atoms with Crippen molar-refractivity contribution in [2.45, 2.75) is 0 Å². The number of aromatic amines is 1. The number of nitrogens with zero attached hydrogens (tertiary/aromatic N) is 3. The number of pyridine rings is 2. The summed E-state index contributed by atoms with van der Waals surface area (Å²) in [5.41, 5.74) is 4.66. The van der Waals surface area contributed by atoms with Gasteiger partial charge in [-0.3, -0.25) is 9.97 Å². The van der Waals surface area contributed by atoms with Crippen LogP contribution < -0.4 is 0 Å². The second-order valence-corrected chi connectivity index (χ2v) is 4.88. The van der Waals surface area contributed by atoms with Crippen LogP contribution >= 0.6 is 0 Å². The van der Waals surface area contributed by atoms with Crippen LogP contribution in [0.25, 0.3) is 32.9 Å². The quantitative estimate of drug-likeness (QED) is 0.574. The van der Waals surface area contributed by atoms with Gasteiger partial charge in [-0.05, 0) is 23.8 Å². The highest BCUT2D eigenvalue weighted by Gasteiger charge is 2.06. The van der Waals surface area contributed by atoms with Gasteiger partial charge in [0.2, 0.25) is 0 Å². The van der Waals surface area contributed by atoms with Crippen molar-refractivity contribution in [2.75, 3.05) is 0 Å². The molecule has 0 unspecified atom stereocenters. The number of fused-ring (bicyclic) bond motifs is 3. The largest absolute Gasteiger partial charge is 0.354 e. The maximum atomic E-state index is 8.97. The van der Waals surface area contributed by atoms with Gasteiger partial charge < -0.3 is 4.98 Å². The van der Waals surface area contributed by atoms with Gasteiger partial charge in [0, 0.05) is 52.2 Å². The van der Waals surface area contributed by atoms with Crippen LogP contribution in [0.15, 0.2) is 55.1 Å². The second-order valence-electron chi connectivity index (χ2n) is 4.88. The molecular weight excluding hydrogens is 260 g/mol. The molecule has 0 radical (unpaired) electrons. The summed E-state index contributed by atoms with van der Waals surface area (Å²) >= 11 is 0. The maximum Gasteiger partial charge on any atom is 0.101 e. The zero-order chi connectivity index (χ0) is 14.2. The Labute approximate surface area is 120 Å². The lowest BCUT2D eigenvalue weighted by atomic mass is 10.0. The molecule has 0 fully saturated rings. The third-order valence-electron chi connectivity index (χ3n) is 3.60. The number of aromatic nitrogens is 3. The Morgan fingerprint density at radius 3 is 2.71 bits per heavy atom. The Morgan fingerprint density at radius 2 is 1.81 bits per heavy atom. The third kappa shape index (κ3) is 1.84. The number of H-pyrrole nitrogens is 1. The van der Waals surface area contributed by atoms with Crippen molar-refractivity contribution in [1.82, 2.24) is 15.0 Å². The van der Waals surface area contributed by atoms with Gasteiger partial charge in [-0.2, -0.15) is 5.26 Å². The summed E-state index contributed by atoms with van der Waals surface area (Å²) in [6, 6.07) is 12.1. The van der Waals surface area contributed by atoms with E-state index in [2.05, 4.69) is 33.2 Å². The van der Waals surface area contributed by atoms with Crippen LogP contribution in [0.5, 0.6) is 0 Å². The van der Waals surface area contributed by atoms with E-state index in [1.807, 2.05) is 24.4 Å². The Bertz CT molecular complexity index is 1010. The van der Waals surface area contributed by atoms with E-state index in [4.69, 9.17) is 5.26 Å². The smallest absolute Gasteiger partial charge is 0.101 e. The highest BCUT2D eigenvalue weighted by atomic mass is 14.7. The lowest BCUT2D eigenvalue weighted by Crippen LogP contribution is -1.83. The van der Waals surface area contributed by atoms with E-state index in [9.17, 15) is 0 Å². The monoisotopic (exact) mass is 270 g/mol. The van der Waals surface area contributed by atoms with Crippen LogP contribution in [0.4, 0.5) is 0 Å². The SMILES string of the molecule is N#Cc1cncc(-c2ccc3c(c2)[nH]c2ccncc23)c1. The molecule has 4 nitrogen and oxygen atoms in total. The molecule has 4 rings (SSSR count). The first-order valence-corrected chi connectivity index (χ1v) is 6.56. The first-order valence-electron chi connectivity index (χ1n) is 6.56. The lowest BCUT2D eigenvalue weighted by Gasteiger charge is -2.02. The van der Waals surface area contributed by atoms with Gasteiger partial charge in [-0.15, -0.1) is 0 Å². The van der Waals surface area contributed by atoms with E-state index in [-0.39, 0.29) is 0 Å². The first-order chi connectivity index (χ1) is 10.3. The first kappa shape index (κ1) is 11.6.